The van der Waals surface area contributed by atoms with Crippen LogP contribution in [0.5, 0.6) is 0 Å². The number of thiazole rings is 1. The van der Waals surface area contributed by atoms with E-state index < -0.39 is 0 Å². The van der Waals surface area contributed by atoms with Gasteiger partial charge in [-0.3, -0.25) is 0 Å². The van der Waals surface area contributed by atoms with E-state index in [9.17, 15) is 0 Å². The first kappa shape index (κ1) is 10.3. The Hall–Kier alpha value is -1.88. The fourth-order valence-corrected chi connectivity index (χ4v) is 2.32. The van der Waals surface area contributed by atoms with Gasteiger partial charge in [0.2, 0.25) is 0 Å². The second-order valence-electron chi connectivity index (χ2n) is 3.89. The van der Waals surface area contributed by atoms with Crippen molar-refractivity contribution in [3.63, 3.8) is 0 Å². The minimum Gasteiger partial charge on any atom is -0.379 e. The second-order valence-corrected chi connectivity index (χ2v) is 4.61. The molecule has 2 heterocycles. The molecule has 0 saturated heterocycles. The monoisotopic (exact) mass is 244 g/mol. The molecule has 5 heteroatoms. The molecule has 17 heavy (non-hydrogen) atoms. The number of nitrogens with zero attached hydrogens (tertiary/aromatic N) is 2. The molecule has 0 saturated carbocycles. The first-order valence-electron chi connectivity index (χ1n) is 5.38. The van der Waals surface area contributed by atoms with Crippen molar-refractivity contribution in [2.45, 2.75) is 13.5 Å². The average molecular weight is 244 g/mol. The maximum atomic E-state index is 4.37. The van der Waals surface area contributed by atoms with Crippen molar-refractivity contribution in [3.8, 4) is 0 Å². The van der Waals surface area contributed by atoms with Gasteiger partial charge in [0.25, 0.3) is 0 Å². The van der Waals surface area contributed by atoms with E-state index in [2.05, 4.69) is 26.3 Å². The summed E-state index contributed by atoms with van der Waals surface area (Å²) in [5, 5.41) is 5.39. The summed E-state index contributed by atoms with van der Waals surface area (Å²) in [6.45, 7) is 2.71. The van der Waals surface area contributed by atoms with Gasteiger partial charge in [-0.2, -0.15) is 0 Å². The van der Waals surface area contributed by atoms with Gasteiger partial charge in [0.1, 0.15) is 5.82 Å². The molecule has 0 spiro atoms. The van der Waals surface area contributed by atoms with E-state index in [4.69, 9.17) is 0 Å². The molecule has 3 aromatic rings. The normalized spacial score (nSPS) is 10.9. The summed E-state index contributed by atoms with van der Waals surface area (Å²) in [5.41, 5.74) is 6.05. The second kappa shape index (κ2) is 4.18. The first-order chi connectivity index (χ1) is 8.31. The molecular formula is C12H12N4S. The molecule has 2 aromatic heterocycles. The molecule has 0 radical (unpaired) electrons. The number of aromatic nitrogens is 3. The minimum absolute atomic E-state index is 0.752. The van der Waals surface area contributed by atoms with Gasteiger partial charge in [0.05, 0.1) is 28.8 Å². The third-order valence-corrected chi connectivity index (χ3v) is 3.19. The zero-order valence-corrected chi connectivity index (χ0v) is 10.2. The van der Waals surface area contributed by atoms with Gasteiger partial charge in [0, 0.05) is 11.1 Å². The van der Waals surface area contributed by atoms with Crippen molar-refractivity contribution in [3.05, 3.63) is 40.6 Å². The Morgan fingerprint density at radius 1 is 1.41 bits per heavy atom. The molecule has 2 N–H and O–H groups in total. The molecule has 0 atom stereocenters. The number of nitrogens with one attached hydrogen (secondary N) is 2. The number of aromatic amines is 1. The van der Waals surface area contributed by atoms with Crippen molar-refractivity contribution < 1.29 is 0 Å². The zero-order valence-electron chi connectivity index (χ0n) is 9.40. The van der Waals surface area contributed by atoms with Gasteiger partial charge in [0.15, 0.2) is 0 Å². The van der Waals surface area contributed by atoms with Gasteiger partial charge >= 0.3 is 0 Å². The predicted molar refractivity (Wildman–Crippen MR) is 70.3 cm³/mol. The van der Waals surface area contributed by atoms with Gasteiger partial charge in [-0.1, -0.05) is 0 Å². The predicted octanol–water partition coefficient (Wildman–Crippen LogP) is 2.94. The fourth-order valence-electron chi connectivity index (χ4n) is 1.76. The van der Waals surface area contributed by atoms with Crippen LogP contribution in [0.25, 0.3) is 11.0 Å². The van der Waals surface area contributed by atoms with E-state index in [0.717, 1.165) is 34.8 Å². The highest BCUT2D eigenvalue weighted by Crippen LogP contribution is 2.17. The van der Waals surface area contributed by atoms with Gasteiger partial charge in [-0.15, -0.1) is 11.3 Å². The van der Waals surface area contributed by atoms with E-state index in [1.54, 1.807) is 11.3 Å². The lowest BCUT2D eigenvalue weighted by atomic mass is 10.2. The van der Waals surface area contributed by atoms with E-state index >= 15 is 0 Å². The number of fused-ring (bicyclic) bond motifs is 1. The molecule has 0 bridgehead atoms. The summed E-state index contributed by atoms with van der Waals surface area (Å²) in [4.78, 5) is 11.8. The quantitative estimate of drug-likeness (QED) is 0.744. The number of hydrogen-bond acceptors (Lipinski definition) is 4. The largest absolute Gasteiger partial charge is 0.379 e. The van der Waals surface area contributed by atoms with Crippen molar-refractivity contribution in [1.29, 1.82) is 0 Å². The molecule has 0 aliphatic heterocycles. The summed E-state index contributed by atoms with van der Waals surface area (Å²) in [7, 11) is 0. The standard InChI is InChI=1S/C12H12N4S/c1-8-15-11-3-2-9(4-12(11)16-8)13-5-10-6-17-7-14-10/h2-4,6-7,13H,5H2,1H3,(H,15,16). The van der Waals surface area contributed by atoms with Crippen LogP contribution in [0.2, 0.25) is 0 Å². The number of H-pyrrole nitrogens is 1. The Balaban J connectivity index is 1.81. The molecule has 0 unspecified atom stereocenters. The van der Waals surface area contributed by atoms with Crippen molar-refractivity contribution in [2.75, 3.05) is 5.32 Å². The Kier molecular flexibility index (Phi) is 2.53. The Bertz CT molecular complexity index is 627. The summed E-state index contributed by atoms with van der Waals surface area (Å²) in [6.07, 6.45) is 0. The molecule has 0 aliphatic carbocycles. The smallest absolute Gasteiger partial charge is 0.104 e. The average Bonchev–Trinajstić information content (AvgIpc) is 2.92. The number of rotatable bonds is 3. The van der Waals surface area contributed by atoms with E-state index in [1.165, 1.54) is 0 Å². The van der Waals surface area contributed by atoms with Crippen LogP contribution in [0.3, 0.4) is 0 Å². The SMILES string of the molecule is Cc1nc2ccc(NCc3cscn3)cc2[nH]1. The van der Waals surface area contributed by atoms with Crippen LogP contribution >= 0.6 is 11.3 Å². The van der Waals surface area contributed by atoms with Crippen molar-refractivity contribution in [2.24, 2.45) is 0 Å². The topological polar surface area (TPSA) is 53.6 Å². The third-order valence-electron chi connectivity index (χ3n) is 2.56. The summed E-state index contributed by atoms with van der Waals surface area (Å²) < 4.78 is 0. The molecular weight excluding hydrogens is 232 g/mol. The van der Waals surface area contributed by atoms with E-state index in [0.29, 0.717) is 0 Å². The molecule has 0 fully saturated rings. The van der Waals surface area contributed by atoms with Crippen molar-refractivity contribution in [1.82, 2.24) is 15.0 Å². The summed E-state index contributed by atoms with van der Waals surface area (Å²) >= 11 is 1.61. The number of hydrogen-bond donors (Lipinski definition) is 2. The maximum Gasteiger partial charge on any atom is 0.104 e. The van der Waals surface area contributed by atoms with Crippen LogP contribution in [-0.4, -0.2) is 15.0 Å². The Labute approximate surface area is 103 Å². The third kappa shape index (κ3) is 2.14. The molecule has 0 amide bonds. The van der Waals surface area contributed by atoms with Crippen LogP contribution in [0.1, 0.15) is 11.5 Å². The lowest BCUT2D eigenvalue weighted by Gasteiger charge is -2.03. The minimum atomic E-state index is 0.752. The molecule has 1 aromatic carbocycles. The van der Waals surface area contributed by atoms with Crippen molar-refractivity contribution >= 4 is 28.1 Å². The molecule has 0 aliphatic rings. The van der Waals surface area contributed by atoms with Crippen LogP contribution in [0.4, 0.5) is 5.69 Å². The zero-order chi connectivity index (χ0) is 11.7. The number of benzene rings is 1. The van der Waals surface area contributed by atoms with Crippen LogP contribution in [-0.2, 0) is 6.54 Å². The molecule has 4 nitrogen and oxygen atoms in total. The van der Waals surface area contributed by atoms with E-state index in [-0.39, 0.29) is 0 Å². The Morgan fingerprint density at radius 3 is 3.18 bits per heavy atom. The number of anilines is 1. The lowest BCUT2D eigenvalue weighted by molar-refractivity contribution is 1.07. The lowest BCUT2D eigenvalue weighted by Crippen LogP contribution is -1.99. The summed E-state index contributed by atoms with van der Waals surface area (Å²) in [6, 6.07) is 6.12. The van der Waals surface area contributed by atoms with Gasteiger partial charge in [-0.05, 0) is 25.1 Å². The van der Waals surface area contributed by atoms with Gasteiger partial charge in [-0.25, -0.2) is 9.97 Å². The van der Waals surface area contributed by atoms with Gasteiger partial charge < -0.3 is 10.3 Å². The fraction of sp³-hybridized carbons (Fsp3) is 0.167. The van der Waals surface area contributed by atoms with E-state index in [1.807, 2.05) is 29.9 Å². The number of aryl methyl sites for hydroxylation is 1. The molecule has 3 rings (SSSR count). The number of imidazole rings is 1. The summed E-state index contributed by atoms with van der Waals surface area (Å²) in [5.74, 6) is 0.941. The van der Waals surface area contributed by atoms with Crippen LogP contribution in [0.15, 0.2) is 29.1 Å². The molecule has 86 valence electrons. The Morgan fingerprint density at radius 2 is 2.35 bits per heavy atom. The highest BCUT2D eigenvalue weighted by atomic mass is 32.1. The first-order valence-corrected chi connectivity index (χ1v) is 6.33. The highest BCUT2D eigenvalue weighted by molar-refractivity contribution is 7.07. The highest BCUT2D eigenvalue weighted by Gasteiger charge is 2.01. The maximum absolute atomic E-state index is 4.37. The van der Waals surface area contributed by atoms with Crippen LogP contribution in [0, 0.1) is 6.92 Å². The van der Waals surface area contributed by atoms with Crippen LogP contribution < -0.4 is 5.32 Å².